The van der Waals surface area contributed by atoms with Crippen molar-refractivity contribution in [3.8, 4) is 0 Å². The summed E-state index contributed by atoms with van der Waals surface area (Å²) < 4.78 is 0. The lowest BCUT2D eigenvalue weighted by atomic mass is 10.2. The highest BCUT2D eigenvalue weighted by Crippen LogP contribution is 2.13. The van der Waals surface area contributed by atoms with Gasteiger partial charge in [0.2, 0.25) is 0 Å². The Morgan fingerprint density at radius 3 is 2.50 bits per heavy atom. The number of hydrogen-bond acceptors (Lipinski definition) is 5. The van der Waals surface area contributed by atoms with E-state index in [-0.39, 0.29) is 5.96 Å². The fourth-order valence-electron chi connectivity index (χ4n) is 1.63. The molecule has 1 aromatic rings. The highest BCUT2D eigenvalue weighted by Gasteiger charge is 2.00. The van der Waals surface area contributed by atoms with Crippen molar-refractivity contribution in [1.29, 1.82) is 0 Å². The summed E-state index contributed by atoms with van der Waals surface area (Å²) in [5.41, 5.74) is 8.88. The van der Waals surface area contributed by atoms with Crippen LogP contribution >= 0.6 is 0 Å². The van der Waals surface area contributed by atoms with Crippen LogP contribution in [0, 0.1) is 10.1 Å². The van der Waals surface area contributed by atoms with E-state index in [0.29, 0.717) is 0 Å². The molecule has 8 nitrogen and oxygen atoms in total. The van der Waals surface area contributed by atoms with Gasteiger partial charge in [0.25, 0.3) is 5.96 Å². The van der Waals surface area contributed by atoms with Crippen molar-refractivity contribution in [1.82, 2.24) is 5.43 Å². The molecule has 0 aromatic heterocycles. The van der Waals surface area contributed by atoms with Gasteiger partial charge in [-0.25, -0.2) is 10.1 Å². The van der Waals surface area contributed by atoms with Gasteiger partial charge in [-0.05, 0) is 31.5 Å². The summed E-state index contributed by atoms with van der Waals surface area (Å²) in [6.07, 6.45) is 1.47. The predicted octanol–water partition coefficient (Wildman–Crippen LogP) is 0.963. The molecule has 0 unspecified atom stereocenters. The molecule has 0 saturated carbocycles. The number of hydrogen-bond donors (Lipinski definition) is 2. The normalized spacial score (nSPS) is 11.6. The van der Waals surface area contributed by atoms with Gasteiger partial charge in [-0.15, -0.1) is 5.10 Å². The quantitative estimate of drug-likeness (QED) is 0.348. The zero-order valence-corrected chi connectivity index (χ0v) is 11.5. The monoisotopic (exact) mass is 278 g/mol. The Hall–Kier alpha value is -2.64. The number of anilines is 1. The topological polar surface area (TPSA) is 109 Å². The maximum absolute atomic E-state index is 10.1. The fourth-order valence-corrected chi connectivity index (χ4v) is 1.63. The Morgan fingerprint density at radius 2 is 2.00 bits per heavy atom. The number of nitrogens with zero attached hydrogens (tertiary/aromatic N) is 4. The van der Waals surface area contributed by atoms with Crippen molar-refractivity contribution in [3.05, 3.63) is 39.9 Å². The van der Waals surface area contributed by atoms with Crippen molar-refractivity contribution in [2.24, 2.45) is 15.9 Å². The summed E-state index contributed by atoms with van der Waals surface area (Å²) in [6.45, 7) is 6.08. The average molecular weight is 278 g/mol. The third-order valence-corrected chi connectivity index (χ3v) is 2.60. The van der Waals surface area contributed by atoms with Crippen LogP contribution in [0.2, 0.25) is 0 Å². The molecule has 1 rings (SSSR count). The van der Waals surface area contributed by atoms with Crippen LogP contribution in [-0.4, -0.2) is 30.3 Å². The number of nitrogens with two attached hydrogens (primary N) is 1. The SMILES string of the molecule is CCN(CC)c1ccc(/C=N/N=C(/N)N[N+](=O)[O-])cc1. The highest BCUT2D eigenvalue weighted by molar-refractivity contribution is 5.82. The van der Waals surface area contributed by atoms with Gasteiger partial charge >= 0.3 is 0 Å². The van der Waals surface area contributed by atoms with Gasteiger partial charge in [0.1, 0.15) is 0 Å². The summed E-state index contributed by atoms with van der Waals surface area (Å²) in [4.78, 5) is 12.3. The second-order valence-corrected chi connectivity index (χ2v) is 3.86. The van der Waals surface area contributed by atoms with Crippen LogP contribution in [0.4, 0.5) is 5.69 Å². The lowest BCUT2D eigenvalue weighted by Gasteiger charge is -2.20. The summed E-state index contributed by atoms with van der Waals surface area (Å²) in [5, 5.41) is 16.4. The number of rotatable bonds is 6. The first-order valence-electron chi connectivity index (χ1n) is 6.19. The molecule has 20 heavy (non-hydrogen) atoms. The van der Waals surface area contributed by atoms with E-state index < -0.39 is 5.03 Å². The zero-order valence-electron chi connectivity index (χ0n) is 11.5. The third-order valence-electron chi connectivity index (χ3n) is 2.60. The molecule has 3 N–H and O–H groups in total. The van der Waals surface area contributed by atoms with Crippen molar-refractivity contribution < 1.29 is 5.03 Å². The Kier molecular flexibility index (Phi) is 5.95. The summed E-state index contributed by atoms with van der Waals surface area (Å²) in [7, 11) is 0. The first-order chi connectivity index (χ1) is 9.56. The molecule has 0 radical (unpaired) electrons. The molecule has 0 heterocycles. The van der Waals surface area contributed by atoms with E-state index in [1.54, 1.807) is 5.43 Å². The maximum atomic E-state index is 10.1. The van der Waals surface area contributed by atoms with Gasteiger partial charge in [0.05, 0.1) is 6.21 Å². The molecular formula is C12H18N6O2. The lowest BCUT2D eigenvalue weighted by molar-refractivity contribution is -0.525. The van der Waals surface area contributed by atoms with Crippen LogP contribution in [0.15, 0.2) is 34.5 Å². The third kappa shape index (κ3) is 4.92. The second kappa shape index (κ2) is 7.72. The molecule has 0 atom stereocenters. The first-order valence-corrected chi connectivity index (χ1v) is 6.19. The van der Waals surface area contributed by atoms with Gasteiger partial charge in [-0.1, -0.05) is 17.6 Å². The van der Waals surface area contributed by atoms with Crippen LogP contribution in [0.3, 0.4) is 0 Å². The minimum atomic E-state index is -0.798. The highest BCUT2D eigenvalue weighted by atomic mass is 16.7. The Labute approximate surface area is 117 Å². The molecule has 0 aliphatic heterocycles. The molecule has 0 spiro atoms. The number of benzene rings is 1. The van der Waals surface area contributed by atoms with Crippen molar-refractivity contribution >= 4 is 17.9 Å². The molecule has 1 aromatic carbocycles. The number of nitro groups is 1. The summed E-state index contributed by atoms with van der Waals surface area (Å²) >= 11 is 0. The van der Waals surface area contributed by atoms with Gasteiger partial charge in [-0.2, -0.15) is 5.10 Å². The van der Waals surface area contributed by atoms with Crippen molar-refractivity contribution in [2.45, 2.75) is 13.8 Å². The zero-order chi connectivity index (χ0) is 15.0. The fraction of sp³-hybridized carbons (Fsp3) is 0.333. The molecule has 0 fully saturated rings. The van der Waals surface area contributed by atoms with Crippen LogP contribution < -0.4 is 16.1 Å². The Bertz CT molecular complexity index is 493. The first kappa shape index (κ1) is 15.4. The molecule has 108 valence electrons. The Balaban J connectivity index is 2.68. The minimum absolute atomic E-state index is 0.369. The summed E-state index contributed by atoms with van der Waals surface area (Å²) in [5.74, 6) is -0.369. The van der Waals surface area contributed by atoms with Crippen LogP contribution in [-0.2, 0) is 0 Å². The smallest absolute Gasteiger partial charge is 0.275 e. The average Bonchev–Trinajstić information content (AvgIpc) is 2.41. The van der Waals surface area contributed by atoms with Crippen LogP contribution in [0.5, 0.6) is 0 Å². The van der Waals surface area contributed by atoms with E-state index in [1.165, 1.54) is 6.21 Å². The molecule has 0 bridgehead atoms. The standard InChI is InChI=1S/C12H18N6O2/c1-3-17(4-2)11-7-5-10(6-8-11)9-14-15-12(13)16-18(19)20/h5-9H,3-4H2,1-2H3,(H3,13,15,16)/b14-9+. The van der Waals surface area contributed by atoms with Crippen LogP contribution in [0.25, 0.3) is 0 Å². The molecule has 0 saturated heterocycles. The number of nitrogens with one attached hydrogen (secondary N) is 1. The van der Waals surface area contributed by atoms with Crippen molar-refractivity contribution in [2.75, 3.05) is 18.0 Å². The predicted molar refractivity (Wildman–Crippen MR) is 79.3 cm³/mol. The van der Waals surface area contributed by atoms with E-state index in [1.807, 2.05) is 24.3 Å². The number of hydrazine groups is 1. The van der Waals surface area contributed by atoms with Crippen molar-refractivity contribution in [3.63, 3.8) is 0 Å². The maximum Gasteiger partial charge on any atom is 0.275 e. The largest absolute Gasteiger partial charge is 0.372 e. The molecular weight excluding hydrogens is 260 g/mol. The van der Waals surface area contributed by atoms with E-state index in [2.05, 4.69) is 29.0 Å². The lowest BCUT2D eigenvalue weighted by Crippen LogP contribution is -2.35. The van der Waals surface area contributed by atoms with Crippen LogP contribution in [0.1, 0.15) is 19.4 Å². The second-order valence-electron chi connectivity index (χ2n) is 3.86. The molecule has 0 aliphatic carbocycles. The van der Waals surface area contributed by atoms with Gasteiger partial charge in [-0.3, -0.25) is 0 Å². The molecule has 0 aliphatic rings. The minimum Gasteiger partial charge on any atom is -0.372 e. The summed E-state index contributed by atoms with van der Waals surface area (Å²) in [6, 6.07) is 7.75. The van der Waals surface area contributed by atoms with E-state index in [0.717, 1.165) is 24.3 Å². The van der Waals surface area contributed by atoms with E-state index >= 15 is 0 Å². The van der Waals surface area contributed by atoms with E-state index in [4.69, 9.17) is 5.73 Å². The molecule has 0 amide bonds. The van der Waals surface area contributed by atoms with Gasteiger partial charge in [0, 0.05) is 18.8 Å². The van der Waals surface area contributed by atoms with Gasteiger partial charge in [0.15, 0.2) is 5.03 Å². The molecule has 8 heteroatoms. The van der Waals surface area contributed by atoms with Gasteiger partial charge < -0.3 is 10.6 Å². The Morgan fingerprint density at radius 1 is 1.40 bits per heavy atom. The van der Waals surface area contributed by atoms with E-state index in [9.17, 15) is 10.1 Å². The number of guanidine groups is 1.